The van der Waals surface area contributed by atoms with Crippen LogP contribution in [0.25, 0.3) is 0 Å². The van der Waals surface area contributed by atoms with Gasteiger partial charge in [0.15, 0.2) is 0 Å². The molecule has 1 aliphatic rings. The Morgan fingerprint density at radius 1 is 1.20 bits per heavy atom. The van der Waals surface area contributed by atoms with Crippen molar-refractivity contribution in [2.24, 2.45) is 0 Å². The van der Waals surface area contributed by atoms with Gasteiger partial charge in [0.05, 0.1) is 15.5 Å². The third-order valence-electron chi connectivity index (χ3n) is 4.31. The molecule has 0 radical (unpaired) electrons. The Bertz CT molecular complexity index is 973. The minimum atomic E-state index is -4.09. The van der Waals surface area contributed by atoms with E-state index in [1.807, 2.05) is 0 Å². The average molecular weight is 364 g/mol. The predicted molar refractivity (Wildman–Crippen MR) is 91.8 cm³/mol. The number of halogens is 1. The summed E-state index contributed by atoms with van der Waals surface area (Å²) in [5.74, 6) is -0.597. The second kappa shape index (κ2) is 6.11. The molecular formula is C17H17FN2O4S. The highest BCUT2D eigenvalue weighted by atomic mass is 32.2. The monoisotopic (exact) mass is 364 g/mol. The average Bonchev–Trinajstić information content (AvgIpc) is 2.53. The molecule has 132 valence electrons. The van der Waals surface area contributed by atoms with Crippen LogP contribution in [0.5, 0.6) is 0 Å². The first kappa shape index (κ1) is 17.3. The van der Waals surface area contributed by atoms with Gasteiger partial charge in [-0.15, -0.1) is 0 Å². The largest absolute Gasteiger partial charge is 0.273 e. The summed E-state index contributed by atoms with van der Waals surface area (Å²) >= 11 is 0. The molecule has 2 aromatic rings. The van der Waals surface area contributed by atoms with E-state index >= 15 is 0 Å². The first-order valence-electron chi connectivity index (χ1n) is 7.78. The van der Waals surface area contributed by atoms with Crippen molar-refractivity contribution in [1.82, 2.24) is 0 Å². The van der Waals surface area contributed by atoms with Crippen molar-refractivity contribution in [1.29, 1.82) is 0 Å². The zero-order valence-corrected chi connectivity index (χ0v) is 14.6. The number of nitrogens with zero attached hydrogens (tertiary/aromatic N) is 2. The smallest absolute Gasteiger partial charge is 0.263 e. The van der Waals surface area contributed by atoms with E-state index in [1.54, 1.807) is 13.0 Å². The minimum absolute atomic E-state index is 0.0417. The van der Waals surface area contributed by atoms with Crippen LogP contribution in [0.1, 0.15) is 23.1 Å². The van der Waals surface area contributed by atoms with Crippen LogP contribution in [0.2, 0.25) is 0 Å². The number of nitro groups is 1. The summed E-state index contributed by atoms with van der Waals surface area (Å²) in [5, 5.41) is 11.1. The van der Waals surface area contributed by atoms with Crippen LogP contribution >= 0.6 is 0 Å². The summed E-state index contributed by atoms with van der Waals surface area (Å²) < 4.78 is 41.5. The first-order chi connectivity index (χ1) is 11.7. The SMILES string of the molecule is Cc1cc(F)c2c(c1)CCCN2S(=O)(=O)c1ccc(C)c([N+](=O)[O-])c1. The molecule has 0 bridgehead atoms. The van der Waals surface area contributed by atoms with E-state index in [1.165, 1.54) is 25.1 Å². The maximum absolute atomic E-state index is 14.5. The first-order valence-corrected chi connectivity index (χ1v) is 9.22. The molecule has 0 amide bonds. The number of hydrogen-bond donors (Lipinski definition) is 0. The van der Waals surface area contributed by atoms with E-state index in [0.29, 0.717) is 24.0 Å². The number of hydrogen-bond acceptors (Lipinski definition) is 4. The third kappa shape index (κ3) is 2.97. The van der Waals surface area contributed by atoms with E-state index in [0.717, 1.165) is 15.9 Å². The summed E-state index contributed by atoms with van der Waals surface area (Å²) in [5.41, 5.74) is 1.49. The summed E-state index contributed by atoms with van der Waals surface area (Å²) in [7, 11) is -4.09. The van der Waals surface area contributed by atoms with Gasteiger partial charge in [-0.2, -0.15) is 0 Å². The molecule has 0 aliphatic carbocycles. The fourth-order valence-electron chi connectivity index (χ4n) is 3.12. The summed E-state index contributed by atoms with van der Waals surface area (Å²) in [6, 6.07) is 6.81. The van der Waals surface area contributed by atoms with Crippen molar-refractivity contribution in [3.05, 3.63) is 63.0 Å². The number of anilines is 1. The normalized spacial score (nSPS) is 14.3. The highest BCUT2D eigenvalue weighted by Gasteiger charge is 2.32. The fourth-order valence-corrected chi connectivity index (χ4v) is 4.68. The Morgan fingerprint density at radius 2 is 1.92 bits per heavy atom. The molecule has 25 heavy (non-hydrogen) atoms. The Kier molecular flexibility index (Phi) is 4.24. The molecule has 0 spiro atoms. The van der Waals surface area contributed by atoms with Gasteiger partial charge in [0.1, 0.15) is 5.82 Å². The predicted octanol–water partition coefficient (Wildman–Crippen LogP) is 3.49. The van der Waals surface area contributed by atoms with Crippen LogP contribution in [-0.4, -0.2) is 19.9 Å². The molecule has 0 fully saturated rings. The van der Waals surface area contributed by atoms with Crippen molar-refractivity contribution in [2.45, 2.75) is 31.6 Å². The number of aryl methyl sites for hydroxylation is 3. The molecule has 0 saturated carbocycles. The Hall–Kier alpha value is -2.48. The van der Waals surface area contributed by atoms with E-state index in [4.69, 9.17) is 0 Å². The maximum atomic E-state index is 14.5. The number of nitro benzene ring substituents is 1. The Morgan fingerprint density at radius 3 is 2.60 bits per heavy atom. The highest BCUT2D eigenvalue weighted by molar-refractivity contribution is 7.92. The lowest BCUT2D eigenvalue weighted by Gasteiger charge is -2.31. The van der Waals surface area contributed by atoms with Gasteiger partial charge in [-0.1, -0.05) is 12.1 Å². The van der Waals surface area contributed by atoms with Gasteiger partial charge in [0.25, 0.3) is 15.7 Å². The number of sulfonamides is 1. The van der Waals surface area contributed by atoms with Gasteiger partial charge in [0.2, 0.25) is 0 Å². The van der Waals surface area contributed by atoms with Gasteiger partial charge >= 0.3 is 0 Å². The molecule has 2 aromatic carbocycles. The van der Waals surface area contributed by atoms with Crippen LogP contribution in [-0.2, 0) is 16.4 Å². The molecule has 0 atom stereocenters. The topological polar surface area (TPSA) is 80.5 Å². The molecule has 3 rings (SSSR count). The Labute approximate surface area is 145 Å². The molecule has 0 unspecified atom stereocenters. The van der Waals surface area contributed by atoms with E-state index < -0.39 is 20.8 Å². The van der Waals surface area contributed by atoms with Crippen LogP contribution in [0.3, 0.4) is 0 Å². The third-order valence-corrected chi connectivity index (χ3v) is 6.10. The van der Waals surface area contributed by atoms with E-state index in [2.05, 4.69) is 0 Å². The van der Waals surface area contributed by atoms with Crippen molar-refractivity contribution < 1.29 is 17.7 Å². The highest BCUT2D eigenvalue weighted by Crippen LogP contribution is 2.36. The fraction of sp³-hybridized carbons (Fsp3) is 0.294. The number of rotatable bonds is 3. The van der Waals surface area contributed by atoms with E-state index in [-0.39, 0.29) is 22.8 Å². The second-order valence-electron chi connectivity index (χ2n) is 6.14. The van der Waals surface area contributed by atoms with Crippen molar-refractivity contribution in [3.63, 3.8) is 0 Å². The lowest BCUT2D eigenvalue weighted by molar-refractivity contribution is -0.385. The molecule has 0 N–H and O–H groups in total. The lowest BCUT2D eigenvalue weighted by atomic mass is 10.0. The molecule has 1 heterocycles. The zero-order valence-electron chi connectivity index (χ0n) is 13.8. The van der Waals surface area contributed by atoms with Gasteiger partial charge in [-0.3, -0.25) is 14.4 Å². The summed E-state index contributed by atoms with van der Waals surface area (Å²) in [6.07, 6.45) is 1.15. The van der Waals surface area contributed by atoms with Gasteiger partial charge in [-0.05, 0) is 49.9 Å². The standard InChI is InChI=1S/C17H17FN2O4S/c1-11-8-13-4-3-7-19(17(13)15(18)9-11)25(23,24)14-6-5-12(2)16(10-14)20(21)22/h5-6,8-10H,3-4,7H2,1-2H3. The quantitative estimate of drug-likeness (QED) is 0.617. The number of benzene rings is 2. The molecular weight excluding hydrogens is 347 g/mol. The molecule has 1 aliphatic heterocycles. The number of fused-ring (bicyclic) bond motifs is 1. The van der Waals surface area contributed by atoms with Crippen molar-refractivity contribution in [2.75, 3.05) is 10.8 Å². The molecule has 0 aromatic heterocycles. The van der Waals surface area contributed by atoms with Crippen LogP contribution < -0.4 is 4.31 Å². The van der Waals surface area contributed by atoms with Crippen molar-refractivity contribution >= 4 is 21.4 Å². The van der Waals surface area contributed by atoms with Gasteiger partial charge < -0.3 is 0 Å². The van der Waals surface area contributed by atoms with Crippen LogP contribution in [0, 0.1) is 29.8 Å². The maximum Gasteiger partial charge on any atom is 0.273 e. The minimum Gasteiger partial charge on any atom is -0.263 e. The van der Waals surface area contributed by atoms with Gasteiger partial charge in [-0.25, -0.2) is 12.8 Å². The van der Waals surface area contributed by atoms with E-state index in [9.17, 15) is 22.9 Å². The van der Waals surface area contributed by atoms with Gasteiger partial charge in [0, 0.05) is 18.2 Å². The molecule has 6 nitrogen and oxygen atoms in total. The van der Waals surface area contributed by atoms with Crippen LogP contribution in [0.15, 0.2) is 35.2 Å². The second-order valence-corrected chi connectivity index (χ2v) is 8.00. The molecule has 8 heteroatoms. The summed E-state index contributed by atoms with van der Waals surface area (Å²) in [4.78, 5) is 10.3. The van der Waals surface area contributed by atoms with Crippen LogP contribution in [0.4, 0.5) is 15.8 Å². The zero-order chi connectivity index (χ0) is 18.4. The lowest BCUT2D eigenvalue weighted by Crippen LogP contribution is -2.36. The Balaban J connectivity index is 2.15. The molecule has 0 saturated heterocycles. The summed E-state index contributed by atoms with van der Waals surface area (Å²) in [6.45, 7) is 3.42. The van der Waals surface area contributed by atoms with Crippen molar-refractivity contribution in [3.8, 4) is 0 Å².